The molecule has 0 saturated heterocycles. The SMILES string of the molecule is CCCCC/C=C\C/C=C\CCCCCCCC(=O)OCC(COP(=O)(O)OCC(O)COP(=O)(O)OCC(COC(=O)CCCCCCC/C=C\CCCCCCCC)OC(=O)CCCCCCCCCCCCC)OC(=O)CCCCCCC/C=C\CCCCCC. The number of ether oxygens (including phenoxy) is 4. The Balaban J connectivity index is 5.30. The Morgan fingerprint density at radius 2 is 0.521 bits per heavy atom. The molecule has 0 rings (SSSR count). The number of rotatable bonds is 72. The minimum Gasteiger partial charge on any atom is -0.462 e. The van der Waals surface area contributed by atoms with E-state index in [-0.39, 0.29) is 25.7 Å². The van der Waals surface area contributed by atoms with Gasteiger partial charge in [0.25, 0.3) is 0 Å². The molecular formula is C75H138O17P2. The van der Waals surface area contributed by atoms with E-state index in [0.29, 0.717) is 25.7 Å². The molecule has 5 unspecified atom stereocenters. The smallest absolute Gasteiger partial charge is 0.462 e. The third kappa shape index (κ3) is 67.6. The van der Waals surface area contributed by atoms with Gasteiger partial charge in [0.1, 0.15) is 19.3 Å². The predicted octanol–water partition coefficient (Wildman–Crippen LogP) is 21.3. The number of hydrogen-bond donors (Lipinski definition) is 3. The van der Waals surface area contributed by atoms with Gasteiger partial charge in [-0.15, -0.1) is 0 Å². The molecule has 17 nitrogen and oxygen atoms in total. The molecule has 0 aliphatic carbocycles. The fourth-order valence-electron chi connectivity index (χ4n) is 10.4. The quantitative estimate of drug-likeness (QED) is 0.0169. The molecule has 0 aliphatic heterocycles. The van der Waals surface area contributed by atoms with Gasteiger partial charge in [-0.3, -0.25) is 37.3 Å². The molecule has 5 atom stereocenters. The largest absolute Gasteiger partial charge is 0.472 e. The topological polar surface area (TPSA) is 237 Å². The average Bonchev–Trinajstić information content (AvgIpc) is 1.55. The Hall–Kier alpha value is -2.98. The summed E-state index contributed by atoms with van der Waals surface area (Å²) in [7, 11) is -9.93. The molecule has 0 aromatic carbocycles. The Bertz CT molecular complexity index is 1980. The molecule has 0 aromatic heterocycles. The number of aliphatic hydroxyl groups excluding tert-OH is 1. The lowest BCUT2D eigenvalue weighted by Crippen LogP contribution is -2.30. The lowest BCUT2D eigenvalue weighted by molar-refractivity contribution is -0.161. The highest BCUT2D eigenvalue weighted by molar-refractivity contribution is 7.47. The second-order valence-corrected chi connectivity index (χ2v) is 28.5. The van der Waals surface area contributed by atoms with E-state index < -0.39 is 97.5 Å². The maximum absolute atomic E-state index is 13.0. The van der Waals surface area contributed by atoms with Crippen LogP contribution in [-0.4, -0.2) is 96.7 Å². The number of phosphoric acid groups is 2. The van der Waals surface area contributed by atoms with Crippen molar-refractivity contribution in [1.82, 2.24) is 0 Å². The first kappa shape index (κ1) is 91.0. The van der Waals surface area contributed by atoms with E-state index in [1.807, 2.05) is 0 Å². The van der Waals surface area contributed by atoms with Gasteiger partial charge >= 0.3 is 39.5 Å². The van der Waals surface area contributed by atoms with Crippen molar-refractivity contribution in [3.63, 3.8) is 0 Å². The lowest BCUT2D eigenvalue weighted by atomic mass is 10.1. The number of phosphoric ester groups is 2. The number of aliphatic hydroxyl groups is 1. The van der Waals surface area contributed by atoms with Crippen LogP contribution < -0.4 is 0 Å². The van der Waals surface area contributed by atoms with Gasteiger partial charge in [-0.05, 0) is 109 Å². The number of allylic oxidation sites excluding steroid dienone is 8. The molecule has 94 heavy (non-hydrogen) atoms. The highest BCUT2D eigenvalue weighted by Crippen LogP contribution is 2.45. The normalized spacial score (nSPS) is 14.2. The summed E-state index contributed by atoms with van der Waals surface area (Å²) in [6.07, 6.45) is 63.9. The van der Waals surface area contributed by atoms with Gasteiger partial charge in [0.05, 0.1) is 26.4 Å². The Kier molecular flexibility index (Phi) is 66.4. The summed E-state index contributed by atoms with van der Waals surface area (Å²) in [5, 5.41) is 10.6. The van der Waals surface area contributed by atoms with Crippen LogP contribution in [0.4, 0.5) is 0 Å². The van der Waals surface area contributed by atoms with Crippen molar-refractivity contribution in [2.24, 2.45) is 0 Å². The first-order valence-corrected chi connectivity index (χ1v) is 40.9. The van der Waals surface area contributed by atoms with E-state index >= 15 is 0 Å². The van der Waals surface area contributed by atoms with Crippen molar-refractivity contribution in [1.29, 1.82) is 0 Å². The van der Waals surface area contributed by atoms with Crippen LogP contribution in [0.1, 0.15) is 349 Å². The molecule has 0 bridgehead atoms. The van der Waals surface area contributed by atoms with Crippen molar-refractivity contribution in [3.8, 4) is 0 Å². The number of esters is 4. The zero-order chi connectivity index (χ0) is 69.0. The summed E-state index contributed by atoms with van der Waals surface area (Å²) < 4.78 is 68.4. The van der Waals surface area contributed by atoms with Crippen LogP contribution in [0.15, 0.2) is 48.6 Å². The molecule has 0 aliphatic rings. The number of carbonyl (C=O) groups excluding carboxylic acids is 4. The van der Waals surface area contributed by atoms with Gasteiger partial charge in [0, 0.05) is 25.7 Å². The minimum absolute atomic E-state index is 0.0863. The van der Waals surface area contributed by atoms with Crippen LogP contribution in [0.3, 0.4) is 0 Å². The average molecular weight is 1370 g/mol. The summed E-state index contributed by atoms with van der Waals surface area (Å²) >= 11 is 0. The highest BCUT2D eigenvalue weighted by atomic mass is 31.2. The summed E-state index contributed by atoms with van der Waals surface area (Å²) in [6, 6.07) is 0. The Morgan fingerprint density at radius 3 is 0.830 bits per heavy atom. The number of hydrogen-bond acceptors (Lipinski definition) is 15. The van der Waals surface area contributed by atoms with Crippen LogP contribution in [0.2, 0.25) is 0 Å². The minimum atomic E-state index is -4.97. The van der Waals surface area contributed by atoms with Crippen molar-refractivity contribution in [2.75, 3.05) is 39.6 Å². The second-order valence-electron chi connectivity index (χ2n) is 25.6. The van der Waals surface area contributed by atoms with Gasteiger partial charge in [0.2, 0.25) is 0 Å². The fraction of sp³-hybridized carbons (Fsp3) is 0.840. The molecule has 0 amide bonds. The van der Waals surface area contributed by atoms with E-state index in [1.165, 1.54) is 122 Å². The molecular weight excluding hydrogens is 1230 g/mol. The first-order chi connectivity index (χ1) is 45.7. The second kappa shape index (κ2) is 68.5. The summed E-state index contributed by atoms with van der Waals surface area (Å²) in [6.45, 7) is 4.83. The molecule has 0 fully saturated rings. The molecule has 19 heteroatoms. The summed E-state index contributed by atoms with van der Waals surface area (Å²) in [4.78, 5) is 72.7. The number of unbranched alkanes of at least 4 members (excludes halogenated alkanes) is 38. The van der Waals surface area contributed by atoms with Gasteiger partial charge in [-0.1, -0.05) is 263 Å². The standard InChI is InChI=1S/C75H138O17P2/c1-5-9-13-17-21-25-29-32-34-37-40-43-47-51-55-59-72(77)85-65-70(91-74(79)61-57-53-49-45-39-28-24-20-16-12-8-4)67-89-93(81,82)87-63-69(76)64-88-94(83,84)90-68-71(92-75(80)62-58-54-50-46-42-36-31-27-23-19-15-11-7-3)66-86-73(78)60-56-52-48-44-41-38-35-33-30-26-22-18-14-10-6-2/h22,26-27,31-35,69-71,76H,5-21,23-25,28-30,36-68H2,1-4H3,(H,81,82)(H,83,84)/b26-22-,31-27-,34-32-,35-33-. The molecule has 0 saturated carbocycles. The van der Waals surface area contributed by atoms with Gasteiger partial charge < -0.3 is 33.8 Å². The van der Waals surface area contributed by atoms with Gasteiger partial charge in [0.15, 0.2) is 12.2 Å². The van der Waals surface area contributed by atoms with Crippen LogP contribution in [0, 0.1) is 0 Å². The van der Waals surface area contributed by atoms with Crippen LogP contribution in [-0.2, 0) is 65.4 Å². The fourth-order valence-corrected chi connectivity index (χ4v) is 12.0. The zero-order valence-corrected chi connectivity index (χ0v) is 61.7. The first-order valence-electron chi connectivity index (χ1n) is 37.9. The highest BCUT2D eigenvalue weighted by Gasteiger charge is 2.30. The molecule has 0 spiro atoms. The van der Waals surface area contributed by atoms with Gasteiger partial charge in [-0.2, -0.15) is 0 Å². The Morgan fingerprint density at radius 1 is 0.298 bits per heavy atom. The number of carbonyl (C=O) groups is 4. The van der Waals surface area contributed by atoms with E-state index in [2.05, 4.69) is 76.3 Å². The lowest BCUT2D eigenvalue weighted by Gasteiger charge is -2.21. The van der Waals surface area contributed by atoms with E-state index in [9.17, 15) is 43.2 Å². The zero-order valence-electron chi connectivity index (χ0n) is 59.9. The predicted molar refractivity (Wildman–Crippen MR) is 381 cm³/mol. The summed E-state index contributed by atoms with van der Waals surface area (Å²) in [5.74, 6) is -2.18. The third-order valence-corrected chi connectivity index (χ3v) is 18.2. The third-order valence-electron chi connectivity index (χ3n) is 16.3. The molecule has 0 heterocycles. The van der Waals surface area contributed by atoms with Crippen LogP contribution >= 0.6 is 15.6 Å². The molecule has 0 radical (unpaired) electrons. The van der Waals surface area contributed by atoms with Crippen LogP contribution in [0.25, 0.3) is 0 Å². The van der Waals surface area contributed by atoms with Crippen molar-refractivity contribution >= 4 is 39.5 Å². The molecule has 3 N–H and O–H groups in total. The van der Waals surface area contributed by atoms with Crippen molar-refractivity contribution in [2.45, 2.75) is 367 Å². The van der Waals surface area contributed by atoms with Crippen molar-refractivity contribution in [3.05, 3.63) is 48.6 Å². The van der Waals surface area contributed by atoms with Gasteiger partial charge in [-0.25, -0.2) is 9.13 Å². The summed E-state index contributed by atoms with van der Waals surface area (Å²) in [5.41, 5.74) is 0. The van der Waals surface area contributed by atoms with E-state index in [1.54, 1.807) is 0 Å². The molecule has 550 valence electrons. The van der Waals surface area contributed by atoms with E-state index in [4.69, 9.17) is 37.0 Å². The Labute approximate surface area is 572 Å². The van der Waals surface area contributed by atoms with E-state index in [0.717, 1.165) is 148 Å². The van der Waals surface area contributed by atoms with Crippen molar-refractivity contribution < 1.29 is 80.2 Å². The maximum atomic E-state index is 13.0. The monoisotopic (exact) mass is 1370 g/mol. The molecule has 0 aromatic rings. The maximum Gasteiger partial charge on any atom is 0.472 e. The van der Waals surface area contributed by atoms with Crippen LogP contribution in [0.5, 0.6) is 0 Å².